The van der Waals surface area contributed by atoms with E-state index in [0.717, 1.165) is 36.4 Å². The normalized spacial score (nSPS) is 12.9. The van der Waals surface area contributed by atoms with Crippen molar-refractivity contribution in [3.63, 3.8) is 0 Å². The zero-order chi connectivity index (χ0) is 46.8. The number of phenols is 1. The van der Waals surface area contributed by atoms with E-state index >= 15 is 0 Å². The van der Waals surface area contributed by atoms with Crippen LogP contribution in [0.1, 0.15) is 5.56 Å². The van der Waals surface area contributed by atoms with E-state index in [4.69, 9.17) is 35.0 Å². The Kier molecular flexibility index (Phi) is 18.3. The molecular weight excluding hydrogens is 999 g/mol. The number of rotatable bonds is 24. The molecule has 0 saturated heterocycles. The van der Waals surface area contributed by atoms with Crippen LogP contribution in [0.2, 0.25) is 0 Å². The van der Waals surface area contributed by atoms with Gasteiger partial charge in [0.05, 0.1) is 86.6 Å². The van der Waals surface area contributed by atoms with Gasteiger partial charge in [0.15, 0.2) is 37.7 Å². The monoisotopic (exact) mass is 1030 g/mol. The largest absolute Gasteiger partial charge is 0.505 e. The molecule has 8 N–H and O–H groups in total. The Morgan fingerprint density at radius 1 is 0.698 bits per heavy atom. The van der Waals surface area contributed by atoms with Gasteiger partial charge in [-0.05, 0) is 54.3 Å². The van der Waals surface area contributed by atoms with Gasteiger partial charge < -0.3 is 15.6 Å². The molecule has 0 aliphatic rings. The van der Waals surface area contributed by atoms with Crippen molar-refractivity contribution in [1.82, 2.24) is 0 Å². The number of anilines is 1. The first kappa shape index (κ1) is 51.7. The van der Waals surface area contributed by atoms with Gasteiger partial charge >= 0.3 is 10.4 Å². The number of aryl methyl sites for hydroxylation is 1. The summed E-state index contributed by atoms with van der Waals surface area (Å²) in [6.45, 7) is 0.0490. The SMILES string of the molecule is COc1cc(S(=O)(=O)CCOSOOO)c(C)cc1/N=N/c1c(SOOO)cc2cc(S(=O)(=O)O)c(/N=N/c3ccc(S(=O)(=O)CCOS(=O)(=O)O)cc3SOOO)c(N)c2c1O. The van der Waals surface area contributed by atoms with Gasteiger partial charge in [-0.3, -0.25) is 13.3 Å². The van der Waals surface area contributed by atoms with E-state index in [-0.39, 0.29) is 84.6 Å². The summed E-state index contributed by atoms with van der Waals surface area (Å²) in [5.41, 5.74) is 4.12. The second kappa shape index (κ2) is 22.3. The number of phenolic OH excluding ortho intramolecular Hbond substituents is 1. The number of methoxy groups -OCH3 is 1. The molecule has 0 atom stereocenters. The molecule has 35 heteroatoms. The first-order valence-corrected chi connectivity index (χ1v) is 24.2. The smallest absolute Gasteiger partial charge is 0.397 e. The quantitative estimate of drug-likeness (QED) is 0.00835. The van der Waals surface area contributed by atoms with Gasteiger partial charge in [-0.1, -0.05) is 15.1 Å². The molecule has 0 spiro atoms. The lowest BCUT2D eigenvalue weighted by atomic mass is 10.1. The van der Waals surface area contributed by atoms with Crippen LogP contribution in [0.5, 0.6) is 11.5 Å². The third-order valence-corrected chi connectivity index (χ3v) is 14.1. The molecule has 0 radical (unpaired) electrons. The number of nitrogen functional groups attached to an aromatic ring is 1. The standard InChI is InChI=1S/C28H29N5O23S7/c1-14-9-18(19(48-2)13-22(14)61(40,41)7-5-49-59-56-53-37)31-32-26-21(58-55-52-36)10-15-11-23(62(42,43)44)27(25(29)24(15)28(26)34)33-30-17-4-3-16(12-20(17)57-54-51-35)60(38,39)8-6-50-63(45,46)47/h3-4,9-13,34-37H,5-8,29H2,1-2H3,(H,42,43,44)(H,45,46,47)/b32-31+,33-30+. The molecule has 0 unspecified atom stereocenters. The van der Waals surface area contributed by atoms with Gasteiger partial charge in [0.1, 0.15) is 33.4 Å². The highest BCUT2D eigenvalue weighted by Crippen LogP contribution is 2.50. The summed E-state index contributed by atoms with van der Waals surface area (Å²) in [6, 6.07) is 7.13. The maximum absolute atomic E-state index is 13.0. The number of ether oxygens (including phenoxy) is 1. The highest BCUT2D eigenvalue weighted by molar-refractivity contribution is 7.95. The first-order valence-electron chi connectivity index (χ1n) is 16.0. The zero-order valence-corrected chi connectivity index (χ0v) is 36.9. The van der Waals surface area contributed by atoms with E-state index in [9.17, 15) is 43.3 Å². The van der Waals surface area contributed by atoms with E-state index in [1.165, 1.54) is 20.1 Å². The highest BCUT2D eigenvalue weighted by Gasteiger charge is 2.27. The van der Waals surface area contributed by atoms with Gasteiger partial charge in [-0.2, -0.15) is 16.8 Å². The van der Waals surface area contributed by atoms with Crippen LogP contribution in [0.15, 0.2) is 87.4 Å². The van der Waals surface area contributed by atoms with Crippen molar-refractivity contribution in [3.8, 4) is 11.5 Å². The van der Waals surface area contributed by atoms with Crippen molar-refractivity contribution in [2.45, 2.75) is 31.4 Å². The third-order valence-electron chi connectivity index (χ3n) is 7.64. The van der Waals surface area contributed by atoms with Crippen molar-refractivity contribution in [1.29, 1.82) is 0 Å². The molecule has 0 aromatic heterocycles. The van der Waals surface area contributed by atoms with Crippen molar-refractivity contribution >= 4 is 116 Å². The molecule has 0 amide bonds. The fraction of sp³-hybridized carbons (Fsp3) is 0.214. The predicted octanol–water partition coefficient (Wildman–Crippen LogP) is 5.75. The summed E-state index contributed by atoms with van der Waals surface area (Å²) in [5.74, 6) is -2.49. The molecule has 346 valence electrons. The topological polar surface area (TPSA) is 416 Å². The van der Waals surface area contributed by atoms with Crippen LogP contribution in [0.25, 0.3) is 10.8 Å². The minimum atomic E-state index is -5.24. The molecule has 0 aliphatic carbocycles. The van der Waals surface area contributed by atoms with Crippen LogP contribution in [-0.4, -0.2) is 95.5 Å². The molecule has 0 saturated carbocycles. The van der Waals surface area contributed by atoms with Crippen LogP contribution in [0.4, 0.5) is 28.4 Å². The number of aromatic hydroxyl groups is 1. The molecule has 63 heavy (non-hydrogen) atoms. The Labute approximate surface area is 367 Å². The Morgan fingerprint density at radius 2 is 1.32 bits per heavy atom. The Hall–Kier alpha value is -3.93. The molecule has 0 fully saturated rings. The number of fused-ring (bicyclic) bond motifs is 1. The second-order valence-corrected chi connectivity index (χ2v) is 20.1. The van der Waals surface area contributed by atoms with E-state index < -0.39 is 97.5 Å². The fourth-order valence-corrected chi connectivity index (χ4v) is 9.94. The van der Waals surface area contributed by atoms with Crippen molar-refractivity contribution < 1.29 is 105 Å². The summed E-state index contributed by atoms with van der Waals surface area (Å²) < 4.78 is 145. The van der Waals surface area contributed by atoms with Crippen LogP contribution < -0.4 is 10.5 Å². The van der Waals surface area contributed by atoms with Gasteiger partial charge in [0, 0.05) is 6.07 Å². The van der Waals surface area contributed by atoms with Crippen molar-refractivity contribution in [3.05, 3.63) is 48.0 Å². The van der Waals surface area contributed by atoms with Crippen molar-refractivity contribution in [2.24, 2.45) is 20.5 Å². The summed E-state index contributed by atoms with van der Waals surface area (Å²) in [5, 5.41) is 63.1. The van der Waals surface area contributed by atoms with Crippen LogP contribution in [-0.2, 0) is 76.7 Å². The van der Waals surface area contributed by atoms with E-state index in [0.29, 0.717) is 0 Å². The molecule has 0 aliphatic heterocycles. The number of benzene rings is 4. The minimum absolute atomic E-state index is 0.0947. The van der Waals surface area contributed by atoms with Gasteiger partial charge in [0.2, 0.25) is 0 Å². The number of nitrogens with zero attached hydrogens (tertiary/aromatic N) is 4. The van der Waals surface area contributed by atoms with Gasteiger partial charge in [0.25, 0.3) is 10.1 Å². The van der Waals surface area contributed by atoms with E-state index in [2.05, 4.69) is 52.8 Å². The van der Waals surface area contributed by atoms with E-state index in [1.54, 1.807) is 0 Å². The lowest BCUT2D eigenvalue weighted by Crippen LogP contribution is -2.15. The van der Waals surface area contributed by atoms with Crippen LogP contribution in [0, 0.1) is 6.92 Å². The molecule has 4 rings (SSSR count). The Morgan fingerprint density at radius 3 is 1.94 bits per heavy atom. The van der Waals surface area contributed by atoms with Crippen LogP contribution in [0.3, 0.4) is 0 Å². The summed E-state index contributed by atoms with van der Waals surface area (Å²) in [6.07, 6.45) is 0. The molecular formula is C28H29N5O23S7. The third kappa shape index (κ3) is 13.8. The minimum Gasteiger partial charge on any atom is -0.505 e. The molecule has 0 heterocycles. The lowest BCUT2D eigenvalue weighted by molar-refractivity contribution is -0.434. The molecule has 0 bridgehead atoms. The Balaban J connectivity index is 1.85. The maximum atomic E-state index is 13.0. The highest BCUT2D eigenvalue weighted by atomic mass is 32.3. The van der Waals surface area contributed by atoms with E-state index in [1.807, 2.05) is 0 Å². The average molecular weight is 1030 g/mol. The summed E-state index contributed by atoms with van der Waals surface area (Å²) >= 11 is 0.563. The fourth-order valence-electron chi connectivity index (χ4n) is 5.04. The number of azo groups is 2. The molecule has 4 aromatic rings. The Bertz CT molecular complexity index is 2830. The lowest BCUT2D eigenvalue weighted by Gasteiger charge is -2.14. The molecule has 4 aromatic carbocycles. The van der Waals surface area contributed by atoms with Crippen LogP contribution >= 0.6 is 36.4 Å². The summed E-state index contributed by atoms with van der Waals surface area (Å²) in [7, 11) is -17.4. The first-order chi connectivity index (χ1) is 29.6. The second-order valence-electron chi connectivity index (χ2n) is 11.5. The van der Waals surface area contributed by atoms with Gasteiger partial charge in [-0.15, -0.1) is 33.5 Å². The number of nitrogens with two attached hydrogens (primary N) is 1. The van der Waals surface area contributed by atoms with Crippen molar-refractivity contribution in [2.75, 3.05) is 37.6 Å². The average Bonchev–Trinajstić information content (AvgIpc) is 3.20. The zero-order valence-electron chi connectivity index (χ0n) is 31.2. The number of hydrogen-bond acceptors (Lipinski definition) is 29. The summed E-state index contributed by atoms with van der Waals surface area (Å²) in [4.78, 5) is -2.21. The predicted molar refractivity (Wildman–Crippen MR) is 214 cm³/mol. The number of hydrogen-bond donors (Lipinski definition) is 7. The van der Waals surface area contributed by atoms with Gasteiger partial charge in [-0.25, -0.2) is 36.8 Å². The molecule has 28 nitrogen and oxygen atoms in total. The number of sulfone groups is 2. The maximum Gasteiger partial charge on any atom is 0.397 e.